The van der Waals surface area contributed by atoms with E-state index in [1.165, 1.54) is 12.5 Å². The molecular weight excluding hydrogens is 255 g/mol. The van der Waals surface area contributed by atoms with Gasteiger partial charge >= 0.3 is 5.97 Å². The Labute approximate surface area is 120 Å². The molecule has 1 aromatic rings. The third-order valence-corrected chi connectivity index (χ3v) is 3.05. The van der Waals surface area contributed by atoms with E-state index in [4.69, 9.17) is 4.74 Å². The summed E-state index contributed by atoms with van der Waals surface area (Å²) in [4.78, 5) is 12.0. The van der Waals surface area contributed by atoms with Crippen LogP contribution in [0.3, 0.4) is 0 Å². The third kappa shape index (κ3) is 6.50. The first-order chi connectivity index (χ1) is 9.77. The summed E-state index contributed by atoms with van der Waals surface area (Å²) in [7, 11) is 0. The van der Waals surface area contributed by atoms with Crippen molar-refractivity contribution in [3.63, 3.8) is 0 Å². The monoisotopic (exact) mass is 278 g/mol. The zero-order chi connectivity index (χ0) is 14.6. The van der Waals surface area contributed by atoms with Crippen molar-refractivity contribution in [1.29, 1.82) is 0 Å². The van der Waals surface area contributed by atoms with E-state index in [-0.39, 0.29) is 12.1 Å². The first-order valence-electron chi connectivity index (χ1n) is 7.26. The van der Waals surface area contributed by atoms with Gasteiger partial charge in [0.05, 0.1) is 5.56 Å². The van der Waals surface area contributed by atoms with E-state index < -0.39 is 6.67 Å². The molecule has 1 rings (SSSR count). The molecule has 1 unspecified atom stereocenters. The van der Waals surface area contributed by atoms with Gasteiger partial charge in [-0.1, -0.05) is 50.5 Å². The average Bonchev–Trinajstić information content (AvgIpc) is 2.49. The number of unbranched alkanes of at least 4 members (excludes halogenated alkanes) is 3. The van der Waals surface area contributed by atoms with Gasteiger partial charge in [-0.05, 0) is 31.1 Å². The van der Waals surface area contributed by atoms with Crippen LogP contribution in [0.25, 0.3) is 0 Å². The van der Waals surface area contributed by atoms with E-state index in [2.05, 4.69) is 6.92 Å². The molecule has 0 aromatic heterocycles. The molecular formula is C17H23FO2. The zero-order valence-corrected chi connectivity index (χ0v) is 12.1. The van der Waals surface area contributed by atoms with Crippen LogP contribution < -0.4 is 0 Å². The van der Waals surface area contributed by atoms with E-state index >= 15 is 0 Å². The lowest BCUT2D eigenvalue weighted by Gasteiger charge is -2.14. The second-order valence-corrected chi connectivity index (χ2v) is 4.74. The van der Waals surface area contributed by atoms with Crippen molar-refractivity contribution in [2.45, 2.75) is 45.1 Å². The lowest BCUT2D eigenvalue weighted by molar-refractivity contribution is 0.0375. The van der Waals surface area contributed by atoms with E-state index in [1.807, 2.05) is 6.07 Å². The van der Waals surface area contributed by atoms with Gasteiger partial charge in [-0.2, -0.15) is 0 Å². The normalized spacial score (nSPS) is 12.5. The summed E-state index contributed by atoms with van der Waals surface area (Å²) in [5, 5.41) is 0. The minimum atomic E-state index is -0.533. The summed E-state index contributed by atoms with van der Waals surface area (Å²) >= 11 is 0. The molecule has 2 nitrogen and oxygen atoms in total. The Morgan fingerprint density at radius 1 is 1.25 bits per heavy atom. The Morgan fingerprint density at radius 3 is 2.65 bits per heavy atom. The molecule has 1 aromatic carbocycles. The molecule has 1 atom stereocenters. The SMILES string of the molecule is CCCCCCC(/C=C/CF)OC(=O)c1ccccc1. The van der Waals surface area contributed by atoms with Crippen molar-refractivity contribution in [3.05, 3.63) is 48.0 Å². The van der Waals surface area contributed by atoms with Gasteiger partial charge in [0.1, 0.15) is 12.8 Å². The van der Waals surface area contributed by atoms with Gasteiger partial charge in [-0.25, -0.2) is 9.18 Å². The number of ether oxygens (including phenoxy) is 1. The van der Waals surface area contributed by atoms with Crippen LogP contribution in [0.4, 0.5) is 4.39 Å². The highest BCUT2D eigenvalue weighted by atomic mass is 19.1. The van der Waals surface area contributed by atoms with Crippen LogP contribution in [0, 0.1) is 0 Å². The summed E-state index contributed by atoms with van der Waals surface area (Å²) in [6.45, 7) is 1.62. The van der Waals surface area contributed by atoms with Crippen LogP contribution in [-0.4, -0.2) is 18.7 Å². The second kappa shape index (κ2) is 10.2. The first-order valence-corrected chi connectivity index (χ1v) is 7.26. The standard InChI is InChI=1S/C17H23FO2/c1-2-3-4-8-12-16(13-9-14-18)20-17(19)15-10-6-5-7-11-15/h5-7,9-11,13,16H,2-4,8,12,14H2,1H3/b13-9+. The highest BCUT2D eigenvalue weighted by Crippen LogP contribution is 2.12. The lowest BCUT2D eigenvalue weighted by Crippen LogP contribution is -2.16. The van der Waals surface area contributed by atoms with Crippen molar-refractivity contribution in [1.82, 2.24) is 0 Å². The number of carbonyl (C=O) groups is 1. The zero-order valence-electron chi connectivity index (χ0n) is 12.1. The Morgan fingerprint density at radius 2 is 2.00 bits per heavy atom. The van der Waals surface area contributed by atoms with E-state index in [0.717, 1.165) is 25.7 Å². The van der Waals surface area contributed by atoms with Gasteiger partial charge in [0.25, 0.3) is 0 Å². The predicted molar refractivity (Wildman–Crippen MR) is 79.5 cm³/mol. The van der Waals surface area contributed by atoms with Crippen molar-refractivity contribution in [2.24, 2.45) is 0 Å². The summed E-state index contributed by atoms with van der Waals surface area (Å²) in [6.07, 6.45) is 7.89. The first kappa shape index (κ1) is 16.4. The summed E-state index contributed by atoms with van der Waals surface area (Å²) < 4.78 is 17.7. The Bertz CT molecular complexity index is 401. The number of benzene rings is 1. The predicted octanol–water partition coefficient (Wildman–Crippen LogP) is 4.71. The molecule has 0 amide bonds. The summed E-state index contributed by atoms with van der Waals surface area (Å²) in [6, 6.07) is 8.88. The number of halogens is 1. The summed E-state index contributed by atoms with van der Waals surface area (Å²) in [5.74, 6) is -0.352. The van der Waals surface area contributed by atoms with Crippen LogP contribution in [-0.2, 0) is 4.74 Å². The Kier molecular flexibility index (Phi) is 8.36. The Balaban J connectivity index is 2.51. The minimum Gasteiger partial charge on any atom is -0.455 e. The van der Waals surface area contributed by atoms with Gasteiger partial charge in [0.15, 0.2) is 0 Å². The smallest absolute Gasteiger partial charge is 0.338 e. The van der Waals surface area contributed by atoms with Gasteiger partial charge in [-0.3, -0.25) is 0 Å². The molecule has 20 heavy (non-hydrogen) atoms. The summed E-state index contributed by atoms with van der Waals surface area (Å²) in [5.41, 5.74) is 0.528. The highest BCUT2D eigenvalue weighted by Gasteiger charge is 2.12. The number of alkyl halides is 1. The van der Waals surface area contributed by atoms with Crippen LogP contribution in [0.2, 0.25) is 0 Å². The van der Waals surface area contributed by atoms with Crippen LogP contribution in [0.1, 0.15) is 49.4 Å². The van der Waals surface area contributed by atoms with E-state index in [1.54, 1.807) is 30.3 Å². The molecule has 3 heteroatoms. The fraction of sp³-hybridized carbons (Fsp3) is 0.471. The second-order valence-electron chi connectivity index (χ2n) is 4.74. The number of carbonyl (C=O) groups excluding carboxylic acids is 1. The molecule has 0 radical (unpaired) electrons. The van der Waals surface area contributed by atoms with Crippen molar-refractivity contribution >= 4 is 5.97 Å². The molecule has 0 spiro atoms. The van der Waals surface area contributed by atoms with Gasteiger partial charge in [-0.15, -0.1) is 0 Å². The molecule has 0 N–H and O–H groups in total. The van der Waals surface area contributed by atoms with Crippen LogP contribution >= 0.6 is 0 Å². The molecule has 110 valence electrons. The van der Waals surface area contributed by atoms with Crippen molar-refractivity contribution < 1.29 is 13.9 Å². The maximum Gasteiger partial charge on any atom is 0.338 e. The van der Waals surface area contributed by atoms with Crippen molar-refractivity contribution in [3.8, 4) is 0 Å². The van der Waals surface area contributed by atoms with Crippen LogP contribution in [0.5, 0.6) is 0 Å². The van der Waals surface area contributed by atoms with Gasteiger partial charge in [0, 0.05) is 0 Å². The molecule has 0 saturated heterocycles. The third-order valence-electron chi connectivity index (χ3n) is 3.05. The number of rotatable bonds is 9. The topological polar surface area (TPSA) is 26.3 Å². The van der Waals surface area contributed by atoms with Crippen molar-refractivity contribution in [2.75, 3.05) is 6.67 Å². The maximum absolute atomic E-state index is 12.2. The fourth-order valence-corrected chi connectivity index (χ4v) is 1.95. The number of hydrogen-bond donors (Lipinski definition) is 0. The number of allylic oxidation sites excluding steroid dienone is 1. The molecule has 0 fully saturated rings. The Hall–Kier alpha value is -1.64. The lowest BCUT2D eigenvalue weighted by atomic mass is 10.1. The molecule has 0 saturated carbocycles. The van der Waals surface area contributed by atoms with Crippen LogP contribution in [0.15, 0.2) is 42.5 Å². The fourth-order valence-electron chi connectivity index (χ4n) is 1.95. The van der Waals surface area contributed by atoms with E-state index in [0.29, 0.717) is 5.56 Å². The number of hydrogen-bond acceptors (Lipinski definition) is 2. The largest absolute Gasteiger partial charge is 0.455 e. The minimum absolute atomic E-state index is 0.338. The van der Waals surface area contributed by atoms with Gasteiger partial charge < -0.3 is 4.74 Å². The maximum atomic E-state index is 12.2. The quantitative estimate of drug-likeness (QED) is 0.371. The van der Waals surface area contributed by atoms with Gasteiger partial charge in [0.2, 0.25) is 0 Å². The molecule has 0 bridgehead atoms. The molecule has 0 heterocycles. The highest BCUT2D eigenvalue weighted by molar-refractivity contribution is 5.89. The number of esters is 1. The molecule has 0 aliphatic carbocycles. The van der Waals surface area contributed by atoms with E-state index in [9.17, 15) is 9.18 Å². The molecule has 0 aliphatic rings. The molecule has 0 aliphatic heterocycles. The average molecular weight is 278 g/mol.